The molecule has 0 aliphatic carbocycles. The molecule has 158 valence electrons. The lowest BCUT2D eigenvalue weighted by molar-refractivity contribution is 0.102. The van der Waals surface area contributed by atoms with Gasteiger partial charge in [-0.25, -0.2) is 13.4 Å². The highest BCUT2D eigenvalue weighted by molar-refractivity contribution is 7.91. The number of fused-ring (bicyclic) bond motifs is 1. The summed E-state index contributed by atoms with van der Waals surface area (Å²) in [6.07, 6.45) is 0. The first-order valence-corrected chi connectivity index (χ1v) is 10.6. The Kier molecular flexibility index (Phi) is 5.24. The predicted molar refractivity (Wildman–Crippen MR) is 110 cm³/mol. The molecule has 0 saturated carbocycles. The topological polar surface area (TPSA) is 102 Å². The van der Waals surface area contributed by atoms with Gasteiger partial charge in [-0.15, -0.1) is 0 Å². The van der Waals surface area contributed by atoms with E-state index in [1.54, 1.807) is 31.2 Å². The molecule has 2 heterocycles. The summed E-state index contributed by atoms with van der Waals surface area (Å²) in [5, 5.41) is 6.61. The third-order valence-electron chi connectivity index (χ3n) is 4.61. The summed E-state index contributed by atoms with van der Waals surface area (Å²) in [4.78, 5) is 16.8. The van der Waals surface area contributed by atoms with E-state index in [-0.39, 0.29) is 17.0 Å². The Morgan fingerprint density at radius 2 is 1.74 bits per heavy atom. The van der Waals surface area contributed by atoms with E-state index in [1.165, 1.54) is 24.3 Å². The number of para-hydroxylation sites is 1. The fourth-order valence-corrected chi connectivity index (χ4v) is 4.02. The van der Waals surface area contributed by atoms with Gasteiger partial charge in [0.2, 0.25) is 9.84 Å². The zero-order chi connectivity index (χ0) is 22.2. The van der Waals surface area contributed by atoms with Crippen molar-refractivity contribution in [1.82, 2.24) is 10.1 Å². The van der Waals surface area contributed by atoms with E-state index < -0.39 is 26.4 Å². The van der Waals surface area contributed by atoms with Gasteiger partial charge < -0.3 is 9.84 Å². The maximum atomic E-state index is 13.1. The molecule has 1 N–H and O–H groups in total. The molecule has 0 unspecified atom stereocenters. The van der Waals surface area contributed by atoms with E-state index >= 15 is 0 Å². The van der Waals surface area contributed by atoms with Crippen LogP contribution in [0.5, 0.6) is 0 Å². The Morgan fingerprint density at radius 1 is 1.06 bits per heavy atom. The summed E-state index contributed by atoms with van der Waals surface area (Å²) >= 11 is 0. The van der Waals surface area contributed by atoms with Gasteiger partial charge in [0.05, 0.1) is 32.9 Å². The Labute approximate surface area is 175 Å². The van der Waals surface area contributed by atoms with Crippen LogP contribution in [0, 0.1) is 6.92 Å². The van der Waals surface area contributed by atoms with Crippen molar-refractivity contribution >= 4 is 32.5 Å². The quantitative estimate of drug-likeness (QED) is 0.489. The second-order valence-corrected chi connectivity index (χ2v) is 8.51. The predicted octanol–water partition coefficient (Wildman–Crippen LogP) is 4.45. The van der Waals surface area contributed by atoms with E-state index in [9.17, 15) is 22.0 Å². The van der Waals surface area contributed by atoms with E-state index in [4.69, 9.17) is 4.52 Å². The molecule has 0 atom stereocenters. The zero-order valence-electron chi connectivity index (χ0n) is 16.0. The number of hydrogen-bond acceptors (Lipinski definition) is 6. The third-order valence-corrected chi connectivity index (χ3v) is 6.05. The maximum Gasteiger partial charge on any atom is 0.341 e. The molecule has 2 aromatic heterocycles. The molecule has 0 radical (unpaired) electrons. The number of anilines is 1. The summed E-state index contributed by atoms with van der Waals surface area (Å²) < 4.78 is 55.4. The van der Waals surface area contributed by atoms with Crippen molar-refractivity contribution in [3.05, 3.63) is 71.9 Å². The summed E-state index contributed by atoms with van der Waals surface area (Å²) in [5.41, 5.74) is 1.54. The van der Waals surface area contributed by atoms with Crippen LogP contribution in [0.15, 0.2) is 70.1 Å². The van der Waals surface area contributed by atoms with Gasteiger partial charge in [-0.05, 0) is 25.1 Å². The minimum absolute atomic E-state index is 0.117. The lowest BCUT2D eigenvalue weighted by Gasteiger charge is -2.12. The standard InChI is InChI=1S/C21H15F2N3O4S/c1-12-18-14(11-16(25-20(18)30-26-12)13-7-3-2-4-8-13)19(27)24-15-9-5-6-10-17(15)31(28,29)21(22)23/h2-11,21H,1H3,(H,24,27). The first-order valence-electron chi connectivity index (χ1n) is 9.04. The van der Waals surface area contributed by atoms with Crippen molar-refractivity contribution in [2.45, 2.75) is 17.6 Å². The highest BCUT2D eigenvalue weighted by atomic mass is 32.2. The van der Waals surface area contributed by atoms with Crippen LogP contribution in [0.4, 0.5) is 14.5 Å². The summed E-state index contributed by atoms with van der Waals surface area (Å²) in [6, 6.07) is 15.5. The van der Waals surface area contributed by atoms with Crippen molar-refractivity contribution in [1.29, 1.82) is 0 Å². The fourth-order valence-electron chi connectivity index (χ4n) is 3.13. The van der Waals surface area contributed by atoms with Crippen LogP contribution < -0.4 is 5.32 Å². The van der Waals surface area contributed by atoms with Crippen LogP contribution in [0.25, 0.3) is 22.4 Å². The number of amides is 1. The van der Waals surface area contributed by atoms with Gasteiger partial charge in [-0.3, -0.25) is 4.79 Å². The molecule has 0 fully saturated rings. The Balaban J connectivity index is 1.82. The average molecular weight is 443 g/mol. The number of pyridine rings is 1. The molecule has 0 saturated heterocycles. The number of aromatic nitrogens is 2. The van der Waals surface area contributed by atoms with Gasteiger partial charge in [0.1, 0.15) is 0 Å². The van der Waals surface area contributed by atoms with Crippen molar-refractivity contribution in [2.24, 2.45) is 0 Å². The second-order valence-electron chi connectivity index (χ2n) is 6.63. The van der Waals surface area contributed by atoms with Gasteiger partial charge in [-0.2, -0.15) is 8.78 Å². The number of benzene rings is 2. The molecule has 10 heteroatoms. The number of alkyl halides is 2. The van der Waals surface area contributed by atoms with Crippen LogP contribution in [0.2, 0.25) is 0 Å². The number of carbonyl (C=O) groups is 1. The zero-order valence-corrected chi connectivity index (χ0v) is 16.9. The number of aryl methyl sites for hydroxylation is 1. The maximum absolute atomic E-state index is 13.1. The summed E-state index contributed by atoms with van der Waals surface area (Å²) in [6.45, 7) is 1.63. The number of carbonyl (C=O) groups excluding carboxylic acids is 1. The Hall–Kier alpha value is -3.66. The van der Waals surface area contributed by atoms with Crippen LogP contribution in [0.1, 0.15) is 16.1 Å². The van der Waals surface area contributed by atoms with Crippen LogP contribution in [-0.4, -0.2) is 30.2 Å². The van der Waals surface area contributed by atoms with Gasteiger partial charge in [0, 0.05) is 5.56 Å². The molecule has 0 bridgehead atoms. The minimum Gasteiger partial charge on any atom is -0.335 e. The van der Waals surface area contributed by atoms with E-state index in [0.717, 1.165) is 6.07 Å². The molecule has 31 heavy (non-hydrogen) atoms. The van der Waals surface area contributed by atoms with E-state index in [1.807, 2.05) is 6.07 Å². The van der Waals surface area contributed by atoms with Crippen molar-refractivity contribution in [3.63, 3.8) is 0 Å². The fraction of sp³-hybridized carbons (Fsp3) is 0.0952. The number of halogens is 2. The van der Waals surface area contributed by atoms with Gasteiger partial charge in [0.15, 0.2) is 0 Å². The van der Waals surface area contributed by atoms with Gasteiger partial charge in [-0.1, -0.05) is 47.6 Å². The highest BCUT2D eigenvalue weighted by Crippen LogP contribution is 2.30. The summed E-state index contributed by atoms with van der Waals surface area (Å²) in [5.74, 6) is -4.34. The van der Waals surface area contributed by atoms with Crippen molar-refractivity contribution in [2.75, 3.05) is 5.32 Å². The third kappa shape index (κ3) is 3.77. The number of hydrogen-bond donors (Lipinski definition) is 1. The number of sulfone groups is 1. The summed E-state index contributed by atoms with van der Waals surface area (Å²) in [7, 11) is -4.92. The molecule has 0 aliphatic rings. The normalized spacial score (nSPS) is 11.7. The smallest absolute Gasteiger partial charge is 0.335 e. The second kappa shape index (κ2) is 7.88. The molecule has 0 spiro atoms. The highest BCUT2D eigenvalue weighted by Gasteiger charge is 2.30. The molecule has 0 aliphatic heterocycles. The Bertz CT molecular complexity index is 1390. The SMILES string of the molecule is Cc1noc2nc(-c3ccccc3)cc(C(=O)Nc3ccccc3S(=O)(=O)C(F)F)c12. The monoisotopic (exact) mass is 443 g/mol. The number of nitrogens with zero attached hydrogens (tertiary/aromatic N) is 2. The van der Waals surface area contributed by atoms with Crippen LogP contribution in [-0.2, 0) is 9.84 Å². The molecule has 4 rings (SSSR count). The molecule has 1 amide bonds. The lowest BCUT2D eigenvalue weighted by Crippen LogP contribution is -2.18. The molecular formula is C21H15F2N3O4S. The first kappa shape index (κ1) is 20.6. The molecule has 4 aromatic rings. The lowest BCUT2D eigenvalue weighted by atomic mass is 10.0. The first-order chi connectivity index (χ1) is 14.8. The van der Waals surface area contributed by atoms with Crippen LogP contribution >= 0.6 is 0 Å². The van der Waals surface area contributed by atoms with E-state index in [0.29, 0.717) is 22.3 Å². The molecular weight excluding hydrogens is 428 g/mol. The van der Waals surface area contributed by atoms with E-state index in [2.05, 4.69) is 15.5 Å². The van der Waals surface area contributed by atoms with Gasteiger partial charge >= 0.3 is 5.76 Å². The van der Waals surface area contributed by atoms with Gasteiger partial charge in [0.25, 0.3) is 11.6 Å². The Morgan fingerprint density at radius 3 is 2.45 bits per heavy atom. The molecule has 7 nitrogen and oxygen atoms in total. The molecule has 2 aromatic carbocycles. The largest absolute Gasteiger partial charge is 0.341 e. The number of rotatable bonds is 5. The minimum atomic E-state index is -4.92. The van der Waals surface area contributed by atoms with Crippen LogP contribution in [0.3, 0.4) is 0 Å². The number of nitrogens with one attached hydrogen (secondary N) is 1. The van der Waals surface area contributed by atoms with Crippen molar-refractivity contribution in [3.8, 4) is 11.3 Å². The average Bonchev–Trinajstić information content (AvgIpc) is 3.14. The van der Waals surface area contributed by atoms with Crippen molar-refractivity contribution < 1.29 is 26.5 Å².